The highest BCUT2D eigenvalue weighted by Gasteiger charge is 1.98. The molecule has 0 fully saturated rings. The van der Waals surface area contributed by atoms with Crippen molar-refractivity contribution in [3.8, 4) is 0 Å². The van der Waals surface area contributed by atoms with Crippen molar-refractivity contribution in [2.24, 2.45) is 0 Å². The van der Waals surface area contributed by atoms with Crippen LogP contribution >= 0.6 is 11.6 Å². The van der Waals surface area contributed by atoms with Crippen molar-refractivity contribution in [2.45, 2.75) is 52.4 Å². The highest BCUT2D eigenvalue weighted by atomic mass is 35.5. The first-order chi connectivity index (χ1) is 8.24. The molecule has 1 N–H and O–H groups in total. The number of rotatable bonds is 8. The summed E-state index contributed by atoms with van der Waals surface area (Å²) in [5, 5.41) is 4.27. The second-order valence-electron chi connectivity index (χ2n) is 4.65. The third kappa shape index (κ3) is 5.97. The molecule has 0 aromatic heterocycles. The van der Waals surface area contributed by atoms with Crippen LogP contribution in [0, 0.1) is 6.92 Å². The second-order valence-corrected chi connectivity index (χ2v) is 5.09. The van der Waals surface area contributed by atoms with E-state index >= 15 is 0 Å². The number of unbranched alkanes of at least 4 members (excludes halogenated alkanes) is 5. The zero-order chi connectivity index (χ0) is 12.5. The monoisotopic (exact) mass is 253 g/mol. The van der Waals surface area contributed by atoms with E-state index in [1.165, 1.54) is 49.8 Å². The first-order valence-electron chi connectivity index (χ1n) is 6.74. The molecular weight excluding hydrogens is 230 g/mol. The summed E-state index contributed by atoms with van der Waals surface area (Å²) in [5.74, 6) is 0. The van der Waals surface area contributed by atoms with Crippen LogP contribution in [0.3, 0.4) is 0 Å². The highest BCUT2D eigenvalue weighted by molar-refractivity contribution is 6.30. The molecular formula is C15H24ClN. The summed E-state index contributed by atoms with van der Waals surface area (Å²) >= 11 is 5.97. The summed E-state index contributed by atoms with van der Waals surface area (Å²) in [5.41, 5.74) is 2.44. The Morgan fingerprint density at radius 3 is 2.53 bits per heavy atom. The van der Waals surface area contributed by atoms with Crippen molar-refractivity contribution in [3.63, 3.8) is 0 Å². The van der Waals surface area contributed by atoms with Gasteiger partial charge in [-0.05, 0) is 31.0 Å². The van der Waals surface area contributed by atoms with Crippen molar-refractivity contribution in [2.75, 3.05) is 11.9 Å². The molecule has 0 atom stereocenters. The minimum absolute atomic E-state index is 0.807. The molecule has 0 aliphatic rings. The number of hydrogen-bond acceptors (Lipinski definition) is 1. The largest absolute Gasteiger partial charge is 0.385 e. The molecule has 1 rings (SSSR count). The van der Waals surface area contributed by atoms with Gasteiger partial charge in [0.1, 0.15) is 0 Å². The van der Waals surface area contributed by atoms with Crippen LogP contribution < -0.4 is 5.32 Å². The molecule has 0 saturated carbocycles. The Labute approximate surface area is 111 Å². The van der Waals surface area contributed by atoms with E-state index in [9.17, 15) is 0 Å². The van der Waals surface area contributed by atoms with Crippen molar-refractivity contribution >= 4 is 17.3 Å². The van der Waals surface area contributed by atoms with Gasteiger partial charge in [0.05, 0.1) is 0 Å². The third-order valence-electron chi connectivity index (χ3n) is 3.05. The molecule has 0 amide bonds. The molecule has 0 saturated heterocycles. The predicted molar refractivity (Wildman–Crippen MR) is 78.1 cm³/mol. The van der Waals surface area contributed by atoms with E-state index < -0.39 is 0 Å². The first kappa shape index (κ1) is 14.4. The third-order valence-corrected chi connectivity index (χ3v) is 3.28. The minimum Gasteiger partial charge on any atom is -0.385 e. The average Bonchev–Trinajstić information content (AvgIpc) is 2.32. The number of benzene rings is 1. The van der Waals surface area contributed by atoms with E-state index in [2.05, 4.69) is 25.2 Å². The van der Waals surface area contributed by atoms with Crippen LogP contribution in [0.15, 0.2) is 18.2 Å². The Balaban J connectivity index is 2.15. The molecule has 0 spiro atoms. The van der Waals surface area contributed by atoms with Crippen molar-refractivity contribution in [1.82, 2.24) is 0 Å². The Hall–Kier alpha value is -0.690. The maximum absolute atomic E-state index is 5.97. The maximum atomic E-state index is 5.97. The van der Waals surface area contributed by atoms with Gasteiger partial charge < -0.3 is 5.32 Å². The summed E-state index contributed by atoms with van der Waals surface area (Å²) in [6, 6.07) is 6.01. The number of nitrogens with one attached hydrogen (secondary N) is 1. The van der Waals surface area contributed by atoms with Crippen LogP contribution in [0.1, 0.15) is 51.0 Å². The van der Waals surface area contributed by atoms with Crippen LogP contribution in [0.2, 0.25) is 5.02 Å². The normalized spacial score (nSPS) is 10.5. The molecule has 17 heavy (non-hydrogen) atoms. The van der Waals surface area contributed by atoms with Crippen molar-refractivity contribution < 1.29 is 0 Å². The van der Waals surface area contributed by atoms with Gasteiger partial charge in [0.2, 0.25) is 0 Å². The smallest absolute Gasteiger partial charge is 0.0426 e. The molecule has 0 radical (unpaired) electrons. The Bertz CT molecular complexity index is 323. The summed E-state index contributed by atoms with van der Waals surface area (Å²) in [6.07, 6.45) is 8.01. The molecule has 96 valence electrons. The van der Waals surface area contributed by atoms with Gasteiger partial charge in [-0.2, -0.15) is 0 Å². The molecule has 1 aromatic rings. The van der Waals surface area contributed by atoms with Crippen LogP contribution in [0.5, 0.6) is 0 Å². The van der Waals surface area contributed by atoms with Gasteiger partial charge in [-0.25, -0.2) is 0 Å². The van der Waals surface area contributed by atoms with Gasteiger partial charge in [0, 0.05) is 17.3 Å². The van der Waals surface area contributed by atoms with Gasteiger partial charge in [0.25, 0.3) is 0 Å². The summed E-state index contributed by atoms with van der Waals surface area (Å²) in [6.45, 7) is 5.41. The Kier molecular flexibility index (Phi) is 7.11. The number of halogens is 1. The van der Waals surface area contributed by atoms with Gasteiger partial charge in [-0.15, -0.1) is 0 Å². The Morgan fingerprint density at radius 2 is 1.76 bits per heavy atom. The van der Waals surface area contributed by atoms with Crippen LogP contribution in [0.4, 0.5) is 5.69 Å². The summed E-state index contributed by atoms with van der Waals surface area (Å²) in [4.78, 5) is 0. The molecule has 1 aromatic carbocycles. The summed E-state index contributed by atoms with van der Waals surface area (Å²) < 4.78 is 0. The van der Waals surface area contributed by atoms with E-state index in [0.29, 0.717) is 0 Å². The number of anilines is 1. The average molecular weight is 254 g/mol. The fourth-order valence-electron chi connectivity index (χ4n) is 1.91. The van der Waals surface area contributed by atoms with Crippen molar-refractivity contribution in [3.05, 3.63) is 28.8 Å². The zero-order valence-corrected chi connectivity index (χ0v) is 11.8. The van der Waals surface area contributed by atoms with E-state index in [-0.39, 0.29) is 0 Å². The SMILES string of the molecule is CCCCCCCCNc1cc(Cl)ccc1C. The quantitative estimate of drug-likeness (QED) is 0.610. The predicted octanol–water partition coefficient (Wildman–Crippen LogP) is 5.42. The molecule has 1 nitrogen and oxygen atoms in total. The van der Waals surface area contributed by atoms with Crippen molar-refractivity contribution in [1.29, 1.82) is 0 Å². The fourth-order valence-corrected chi connectivity index (χ4v) is 2.09. The minimum atomic E-state index is 0.807. The van der Waals surface area contributed by atoms with E-state index in [1.54, 1.807) is 0 Å². The topological polar surface area (TPSA) is 12.0 Å². The lowest BCUT2D eigenvalue weighted by Crippen LogP contribution is -2.02. The van der Waals surface area contributed by atoms with Crippen LogP contribution in [0.25, 0.3) is 0 Å². The maximum Gasteiger partial charge on any atom is 0.0426 e. The molecule has 0 unspecified atom stereocenters. The molecule has 2 heteroatoms. The first-order valence-corrected chi connectivity index (χ1v) is 7.12. The summed E-state index contributed by atoms with van der Waals surface area (Å²) in [7, 11) is 0. The van der Waals surface area contributed by atoms with E-state index in [0.717, 1.165) is 11.6 Å². The van der Waals surface area contributed by atoms with Gasteiger partial charge in [-0.1, -0.05) is 56.7 Å². The molecule has 0 bridgehead atoms. The van der Waals surface area contributed by atoms with Gasteiger partial charge in [0.15, 0.2) is 0 Å². The van der Waals surface area contributed by atoms with Gasteiger partial charge >= 0.3 is 0 Å². The van der Waals surface area contributed by atoms with Crippen LogP contribution in [-0.4, -0.2) is 6.54 Å². The number of aryl methyl sites for hydroxylation is 1. The lowest BCUT2D eigenvalue weighted by Gasteiger charge is -2.09. The zero-order valence-electron chi connectivity index (χ0n) is 11.1. The van der Waals surface area contributed by atoms with E-state index in [4.69, 9.17) is 11.6 Å². The lowest BCUT2D eigenvalue weighted by atomic mass is 10.1. The van der Waals surface area contributed by atoms with E-state index in [1.807, 2.05) is 12.1 Å². The van der Waals surface area contributed by atoms with Gasteiger partial charge in [-0.3, -0.25) is 0 Å². The fraction of sp³-hybridized carbons (Fsp3) is 0.600. The van der Waals surface area contributed by atoms with Crippen LogP contribution in [-0.2, 0) is 0 Å². The standard InChI is InChI=1S/C15H24ClN/c1-3-4-5-6-7-8-11-17-15-12-14(16)10-9-13(15)2/h9-10,12,17H,3-8,11H2,1-2H3. The lowest BCUT2D eigenvalue weighted by molar-refractivity contribution is 0.617. The molecule has 0 heterocycles. The molecule has 0 aliphatic carbocycles. The Morgan fingerprint density at radius 1 is 1.06 bits per heavy atom. The number of hydrogen-bond donors (Lipinski definition) is 1. The highest BCUT2D eigenvalue weighted by Crippen LogP contribution is 2.20. The second kappa shape index (κ2) is 8.41. The molecule has 0 aliphatic heterocycles.